The van der Waals surface area contributed by atoms with E-state index in [1.54, 1.807) is 7.11 Å². The van der Waals surface area contributed by atoms with Crippen molar-refractivity contribution in [3.05, 3.63) is 54.1 Å². The maximum Gasteiger partial charge on any atom is 0.500 e. The fourth-order valence-corrected chi connectivity index (χ4v) is 6.98. The molecular weight excluding hydrogens is 570 g/mol. The molecule has 10 nitrogen and oxygen atoms in total. The Hall–Kier alpha value is -3.38. The Balaban J connectivity index is 1.63. The van der Waals surface area contributed by atoms with Crippen LogP contribution in [0.4, 0.5) is 4.79 Å². The summed E-state index contributed by atoms with van der Waals surface area (Å²) in [6, 6.07) is 13.9. The van der Waals surface area contributed by atoms with E-state index in [0.29, 0.717) is 63.5 Å². The normalized spacial score (nSPS) is 11.4. The Kier molecular flexibility index (Phi) is 17.1. The topological polar surface area (TPSA) is 125 Å². The average Bonchev–Trinajstić information content (AvgIpc) is 3.00. The first-order chi connectivity index (χ1) is 20.9. The van der Waals surface area contributed by atoms with Gasteiger partial charge in [-0.2, -0.15) is 0 Å². The number of hydrogen-bond acceptors (Lipinski definition) is 9. The van der Waals surface area contributed by atoms with Gasteiger partial charge in [0.25, 0.3) is 0 Å². The Labute approximate surface area is 256 Å². The van der Waals surface area contributed by atoms with E-state index in [-0.39, 0.29) is 0 Å². The molecule has 2 aromatic carbocycles. The van der Waals surface area contributed by atoms with Gasteiger partial charge in [0.1, 0.15) is 0 Å². The second kappa shape index (κ2) is 20.5. The molecule has 1 amide bonds. The lowest BCUT2D eigenvalue weighted by Gasteiger charge is -2.28. The predicted octanol–water partition coefficient (Wildman–Crippen LogP) is 5.23. The summed E-state index contributed by atoms with van der Waals surface area (Å²) < 4.78 is 34.3. The molecule has 11 heteroatoms. The standard InChI is InChI=1S/C32H47NO9Si/c1-5-40-43(41-6-2,42-7-3)24-12-21-33-32(36)39-23-11-9-8-10-22-38-29-19-18-28(25-30(29)37-4)27-16-13-26(14-17-27)15-20-31(34)35/h13-20,25H,5-12,21-24H2,1-4H3,(H,33,36)(H,34,35)/p-1/b20-15+. The van der Waals surface area contributed by atoms with Crippen molar-refractivity contribution in [2.24, 2.45) is 0 Å². The van der Waals surface area contributed by atoms with Gasteiger partial charge in [-0.05, 0) is 87.8 Å². The molecule has 0 atom stereocenters. The van der Waals surface area contributed by atoms with E-state index in [0.717, 1.165) is 48.4 Å². The summed E-state index contributed by atoms with van der Waals surface area (Å²) in [5.74, 6) is 0.0800. The monoisotopic (exact) mass is 616 g/mol. The van der Waals surface area contributed by atoms with Gasteiger partial charge in [-0.3, -0.25) is 0 Å². The molecule has 0 aliphatic rings. The van der Waals surface area contributed by atoms with E-state index >= 15 is 0 Å². The second-order valence-corrected chi connectivity index (χ2v) is 12.3. The van der Waals surface area contributed by atoms with Gasteiger partial charge in [0, 0.05) is 32.4 Å². The molecule has 43 heavy (non-hydrogen) atoms. The highest BCUT2D eigenvalue weighted by atomic mass is 28.4. The van der Waals surface area contributed by atoms with Crippen molar-refractivity contribution in [2.75, 3.05) is 46.7 Å². The van der Waals surface area contributed by atoms with E-state index in [9.17, 15) is 14.7 Å². The molecule has 0 fully saturated rings. The van der Waals surface area contributed by atoms with Crippen LogP contribution in [0.2, 0.25) is 6.04 Å². The van der Waals surface area contributed by atoms with Gasteiger partial charge < -0.3 is 42.7 Å². The molecule has 0 bridgehead atoms. The summed E-state index contributed by atoms with van der Waals surface area (Å²) in [6.45, 7) is 8.75. The minimum atomic E-state index is -2.69. The number of carboxylic acids is 1. The van der Waals surface area contributed by atoms with Crippen molar-refractivity contribution in [1.29, 1.82) is 0 Å². The van der Waals surface area contributed by atoms with Crippen LogP contribution in [0.25, 0.3) is 17.2 Å². The van der Waals surface area contributed by atoms with Crippen molar-refractivity contribution < 1.29 is 42.2 Å². The number of amides is 1. The van der Waals surface area contributed by atoms with Crippen LogP contribution in [0.5, 0.6) is 11.5 Å². The molecule has 0 unspecified atom stereocenters. The molecule has 0 saturated heterocycles. The molecule has 0 aliphatic heterocycles. The third-order valence-corrected chi connectivity index (χ3v) is 9.52. The highest BCUT2D eigenvalue weighted by Gasteiger charge is 2.39. The number of carboxylic acid groups (broad SMARTS) is 1. The molecule has 0 saturated carbocycles. The van der Waals surface area contributed by atoms with Crippen LogP contribution in [0.15, 0.2) is 48.5 Å². The van der Waals surface area contributed by atoms with Crippen molar-refractivity contribution >= 4 is 26.9 Å². The smallest absolute Gasteiger partial charge is 0.500 e. The van der Waals surface area contributed by atoms with Crippen LogP contribution in [0.1, 0.15) is 58.4 Å². The first-order valence-electron chi connectivity index (χ1n) is 15.0. The number of carbonyl (C=O) groups is 2. The van der Waals surface area contributed by atoms with Gasteiger partial charge in [0.05, 0.1) is 26.3 Å². The third-order valence-electron chi connectivity index (χ3n) is 6.37. The number of unbranched alkanes of at least 4 members (excludes halogenated alkanes) is 3. The first-order valence-corrected chi connectivity index (χ1v) is 16.9. The molecule has 0 heterocycles. The Bertz CT molecular complexity index is 1110. The number of nitrogens with one attached hydrogen (secondary N) is 1. The fraction of sp³-hybridized carbons (Fsp3) is 0.500. The number of methoxy groups -OCH3 is 1. The second-order valence-electron chi connectivity index (χ2n) is 9.55. The highest BCUT2D eigenvalue weighted by molar-refractivity contribution is 6.60. The van der Waals surface area contributed by atoms with Crippen molar-refractivity contribution in [1.82, 2.24) is 5.32 Å². The highest BCUT2D eigenvalue weighted by Crippen LogP contribution is 2.33. The SMILES string of the molecule is CCO[Si](CCCNC(=O)OCCCCCCOc1ccc(-c2ccc(/C=C/C(=O)[O-])cc2)cc1OC)(OCC)OCC. The molecule has 0 radical (unpaired) electrons. The summed E-state index contributed by atoms with van der Waals surface area (Å²) in [7, 11) is -1.09. The molecule has 238 valence electrons. The molecular formula is C32H46NO9Si-. The number of carbonyl (C=O) groups excluding carboxylic acids is 2. The lowest BCUT2D eigenvalue weighted by Crippen LogP contribution is -2.46. The zero-order chi connectivity index (χ0) is 31.3. The molecule has 0 spiro atoms. The minimum Gasteiger partial charge on any atom is -0.545 e. The van der Waals surface area contributed by atoms with E-state index in [2.05, 4.69) is 5.32 Å². The van der Waals surface area contributed by atoms with E-state index < -0.39 is 20.9 Å². The van der Waals surface area contributed by atoms with E-state index in [1.165, 1.54) is 6.08 Å². The van der Waals surface area contributed by atoms with Gasteiger partial charge in [-0.1, -0.05) is 36.4 Å². The number of aliphatic carboxylic acids is 1. The largest absolute Gasteiger partial charge is 0.545 e. The Morgan fingerprint density at radius 2 is 1.44 bits per heavy atom. The molecule has 1 N–H and O–H groups in total. The van der Waals surface area contributed by atoms with Crippen LogP contribution in [-0.2, 0) is 22.8 Å². The summed E-state index contributed by atoms with van der Waals surface area (Å²) in [5, 5.41) is 13.4. The maximum absolute atomic E-state index is 12.0. The van der Waals surface area contributed by atoms with Crippen LogP contribution in [0.3, 0.4) is 0 Å². The van der Waals surface area contributed by atoms with Crippen molar-refractivity contribution in [3.63, 3.8) is 0 Å². The Morgan fingerprint density at radius 3 is 2.05 bits per heavy atom. The summed E-state index contributed by atoms with van der Waals surface area (Å²) in [5.41, 5.74) is 2.70. The number of alkyl carbamates (subject to hydrolysis) is 1. The number of rotatable bonds is 22. The lowest BCUT2D eigenvalue weighted by atomic mass is 10.0. The fourth-order valence-electron chi connectivity index (χ4n) is 4.37. The van der Waals surface area contributed by atoms with E-state index in [4.69, 9.17) is 27.5 Å². The van der Waals surface area contributed by atoms with Gasteiger partial charge >= 0.3 is 14.9 Å². The van der Waals surface area contributed by atoms with Crippen LogP contribution in [-0.4, -0.2) is 67.6 Å². The number of benzene rings is 2. The quantitative estimate of drug-likeness (QED) is 0.108. The summed E-state index contributed by atoms with van der Waals surface area (Å²) in [6.07, 6.45) is 6.28. The summed E-state index contributed by atoms with van der Waals surface area (Å²) in [4.78, 5) is 22.6. The van der Waals surface area contributed by atoms with Crippen LogP contribution < -0.4 is 19.9 Å². The minimum absolute atomic E-state index is 0.367. The maximum atomic E-state index is 12.0. The molecule has 0 aromatic heterocycles. The molecule has 2 rings (SSSR count). The van der Waals surface area contributed by atoms with Gasteiger partial charge in [-0.25, -0.2) is 4.79 Å². The third kappa shape index (κ3) is 13.6. The molecule has 0 aliphatic carbocycles. The van der Waals surface area contributed by atoms with Gasteiger partial charge in [-0.15, -0.1) is 0 Å². The van der Waals surface area contributed by atoms with Crippen LogP contribution >= 0.6 is 0 Å². The predicted molar refractivity (Wildman–Crippen MR) is 166 cm³/mol. The zero-order valence-corrected chi connectivity index (χ0v) is 26.9. The first kappa shape index (κ1) is 35.8. The molecule has 2 aromatic rings. The number of hydrogen-bond donors (Lipinski definition) is 1. The van der Waals surface area contributed by atoms with Crippen molar-refractivity contribution in [3.8, 4) is 22.6 Å². The van der Waals surface area contributed by atoms with Gasteiger partial charge in [0.2, 0.25) is 0 Å². The van der Waals surface area contributed by atoms with Crippen LogP contribution in [0, 0.1) is 0 Å². The van der Waals surface area contributed by atoms with Crippen molar-refractivity contribution in [2.45, 2.75) is 58.9 Å². The number of ether oxygens (including phenoxy) is 3. The zero-order valence-electron chi connectivity index (χ0n) is 25.9. The average molecular weight is 617 g/mol. The summed E-state index contributed by atoms with van der Waals surface area (Å²) >= 11 is 0. The Morgan fingerprint density at radius 1 is 0.814 bits per heavy atom. The lowest BCUT2D eigenvalue weighted by molar-refractivity contribution is -0.297. The van der Waals surface area contributed by atoms with E-state index in [1.807, 2.05) is 63.2 Å². The van der Waals surface area contributed by atoms with Gasteiger partial charge in [0.15, 0.2) is 11.5 Å².